The summed E-state index contributed by atoms with van der Waals surface area (Å²) in [4.78, 5) is 44.8. The molecule has 3 heterocycles. The standard InChI is InChI=1S/C20H20N4O6S2/c1-3-28-18(26)11-8-22-20(24-16(11)21)32-10-14(25)23-17-15(19(27)29-4-2)12(9-31-17)13-6-5-7-30-13/h5-9H,3-4,10H2,1-2H3,(H,23,25)(H2,21,22,24). The smallest absolute Gasteiger partial charge is 0.343 e. The van der Waals surface area contributed by atoms with Gasteiger partial charge in [0.15, 0.2) is 5.16 Å². The summed E-state index contributed by atoms with van der Waals surface area (Å²) in [6.07, 6.45) is 2.75. The third-order valence-electron chi connectivity index (χ3n) is 3.93. The Morgan fingerprint density at radius 1 is 1.22 bits per heavy atom. The molecule has 0 saturated carbocycles. The number of carbonyl (C=O) groups excluding carboxylic acids is 3. The molecule has 12 heteroatoms. The van der Waals surface area contributed by atoms with Crippen molar-refractivity contribution in [1.82, 2.24) is 9.97 Å². The molecular weight excluding hydrogens is 456 g/mol. The molecular formula is C20H20N4O6S2. The first-order chi connectivity index (χ1) is 15.4. The summed E-state index contributed by atoms with van der Waals surface area (Å²) in [5.74, 6) is -1.15. The number of ether oxygens (including phenoxy) is 2. The molecule has 0 bridgehead atoms. The van der Waals surface area contributed by atoms with E-state index in [1.807, 2.05) is 0 Å². The summed E-state index contributed by atoms with van der Waals surface area (Å²) in [6.45, 7) is 3.77. The highest BCUT2D eigenvalue weighted by Crippen LogP contribution is 2.36. The number of aromatic nitrogens is 2. The van der Waals surface area contributed by atoms with Gasteiger partial charge in [-0.25, -0.2) is 19.6 Å². The van der Waals surface area contributed by atoms with Crippen molar-refractivity contribution in [3.05, 3.63) is 41.1 Å². The first-order valence-corrected chi connectivity index (χ1v) is 11.4. The molecule has 0 aliphatic rings. The van der Waals surface area contributed by atoms with Gasteiger partial charge >= 0.3 is 11.9 Å². The van der Waals surface area contributed by atoms with Crippen LogP contribution in [0.2, 0.25) is 0 Å². The fraction of sp³-hybridized carbons (Fsp3) is 0.250. The fourth-order valence-electron chi connectivity index (χ4n) is 2.58. The van der Waals surface area contributed by atoms with Crippen LogP contribution < -0.4 is 11.1 Å². The second kappa shape index (κ2) is 10.8. The highest BCUT2D eigenvalue weighted by Gasteiger charge is 2.24. The zero-order chi connectivity index (χ0) is 23.1. The maximum atomic E-state index is 12.5. The van der Waals surface area contributed by atoms with Gasteiger partial charge in [0.05, 0.1) is 25.2 Å². The Hall–Kier alpha value is -3.38. The van der Waals surface area contributed by atoms with E-state index in [-0.39, 0.29) is 47.0 Å². The molecule has 0 aromatic carbocycles. The van der Waals surface area contributed by atoms with E-state index >= 15 is 0 Å². The van der Waals surface area contributed by atoms with Crippen LogP contribution >= 0.6 is 23.1 Å². The molecule has 3 aromatic rings. The molecule has 0 aliphatic carbocycles. The molecule has 168 valence electrons. The minimum Gasteiger partial charge on any atom is -0.464 e. The number of hydrogen-bond donors (Lipinski definition) is 2. The Morgan fingerprint density at radius 3 is 2.62 bits per heavy atom. The van der Waals surface area contributed by atoms with Gasteiger partial charge in [0, 0.05) is 17.1 Å². The first kappa shape index (κ1) is 23.3. The molecule has 0 spiro atoms. The monoisotopic (exact) mass is 476 g/mol. The number of rotatable bonds is 9. The van der Waals surface area contributed by atoms with Gasteiger partial charge in [0.2, 0.25) is 5.91 Å². The molecule has 0 fully saturated rings. The molecule has 3 aromatic heterocycles. The number of thioether (sulfide) groups is 1. The van der Waals surface area contributed by atoms with E-state index in [9.17, 15) is 14.4 Å². The average Bonchev–Trinajstić information content (AvgIpc) is 3.42. The van der Waals surface area contributed by atoms with Crippen molar-refractivity contribution in [2.24, 2.45) is 0 Å². The minimum absolute atomic E-state index is 0.0349. The lowest BCUT2D eigenvalue weighted by atomic mass is 10.1. The molecule has 10 nitrogen and oxygen atoms in total. The summed E-state index contributed by atoms with van der Waals surface area (Å²) in [5.41, 5.74) is 6.61. The summed E-state index contributed by atoms with van der Waals surface area (Å²) in [7, 11) is 0. The van der Waals surface area contributed by atoms with E-state index in [0.717, 1.165) is 11.8 Å². The number of amides is 1. The molecule has 0 atom stereocenters. The number of thiophene rings is 1. The Balaban J connectivity index is 1.69. The normalized spacial score (nSPS) is 10.6. The Kier molecular flexibility index (Phi) is 7.84. The minimum atomic E-state index is -0.615. The van der Waals surface area contributed by atoms with E-state index < -0.39 is 11.9 Å². The fourth-order valence-corrected chi connectivity index (χ4v) is 4.15. The highest BCUT2D eigenvalue weighted by molar-refractivity contribution is 7.99. The van der Waals surface area contributed by atoms with E-state index in [1.54, 1.807) is 31.4 Å². The van der Waals surface area contributed by atoms with Gasteiger partial charge in [-0.3, -0.25) is 4.79 Å². The number of carbonyl (C=O) groups is 3. The molecule has 3 rings (SSSR count). The van der Waals surface area contributed by atoms with Crippen LogP contribution in [0.25, 0.3) is 11.3 Å². The van der Waals surface area contributed by atoms with Gasteiger partial charge in [-0.05, 0) is 26.0 Å². The van der Waals surface area contributed by atoms with Crippen LogP contribution in [0.4, 0.5) is 10.8 Å². The summed E-state index contributed by atoms with van der Waals surface area (Å²) >= 11 is 2.21. The zero-order valence-electron chi connectivity index (χ0n) is 17.2. The van der Waals surface area contributed by atoms with Crippen LogP contribution in [0, 0.1) is 0 Å². The van der Waals surface area contributed by atoms with Crippen molar-refractivity contribution in [3.63, 3.8) is 0 Å². The van der Waals surface area contributed by atoms with Gasteiger partial charge < -0.3 is 24.9 Å². The topological polar surface area (TPSA) is 147 Å². The van der Waals surface area contributed by atoms with Crippen LogP contribution in [0.15, 0.2) is 39.5 Å². The average molecular weight is 477 g/mol. The van der Waals surface area contributed by atoms with Gasteiger partial charge in [0.1, 0.15) is 27.7 Å². The zero-order valence-corrected chi connectivity index (χ0v) is 18.9. The number of esters is 2. The van der Waals surface area contributed by atoms with Crippen LogP contribution in [-0.4, -0.2) is 46.8 Å². The third-order valence-corrected chi connectivity index (χ3v) is 5.69. The van der Waals surface area contributed by atoms with Crippen molar-refractivity contribution in [1.29, 1.82) is 0 Å². The largest absolute Gasteiger partial charge is 0.464 e. The van der Waals surface area contributed by atoms with Gasteiger partial charge in [0.25, 0.3) is 0 Å². The number of hydrogen-bond acceptors (Lipinski definition) is 11. The lowest BCUT2D eigenvalue weighted by Crippen LogP contribution is -2.17. The van der Waals surface area contributed by atoms with E-state index in [4.69, 9.17) is 19.6 Å². The number of nitrogens with two attached hydrogens (primary N) is 1. The van der Waals surface area contributed by atoms with Crippen molar-refractivity contribution < 1.29 is 28.3 Å². The van der Waals surface area contributed by atoms with Crippen molar-refractivity contribution in [3.8, 4) is 11.3 Å². The van der Waals surface area contributed by atoms with E-state index in [0.29, 0.717) is 16.3 Å². The molecule has 1 amide bonds. The summed E-state index contributed by atoms with van der Waals surface area (Å²) in [6, 6.07) is 3.42. The van der Waals surface area contributed by atoms with Gasteiger partial charge in [-0.2, -0.15) is 0 Å². The number of nitrogens with one attached hydrogen (secondary N) is 1. The molecule has 0 saturated heterocycles. The van der Waals surface area contributed by atoms with Crippen LogP contribution in [0.1, 0.15) is 34.6 Å². The van der Waals surface area contributed by atoms with Crippen LogP contribution in [-0.2, 0) is 14.3 Å². The predicted octanol–water partition coefficient (Wildman–Crippen LogP) is 3.46. The van der Waals surface area contributed by atoms with Gasteiger partial charge in [-0.15, -0.1) is 11.3 Å². The lowest BCUT2D eigenvalue weighted by molar-refractivity contribution is -0.113. The SMILES string of the molecule is CCOC(=O)c1cnc(SCC(=O)Nc2scc(-c3ccco3)c2C(=O)OCC)nc1N. The quantitative estimate of drug-likeness (QED) is 0.267. The third kappa shape index (κ3) is 5.45. The Bertz CT molecular complexity index is 1110. The maximum Gasteiger partial charge on any atom is 0.343 e. The summed E-state index contributed by atoms with van der Waals surface area (Å²) in [5, 5.41) is 5.00. The predicted molar refractivity (Wildman–Crippen MR) is 120 cm³/mol. The number of nitrogen functional groups attached to an aromatic ring is 1. The maximum absolute atomic E-state index is 12.5. The highest BCUT2D eigenvalue weighted by atomic mass is 32.2. The Labute approximate surface area is 191 Å². The molecule has 0 radical (unpaired) electrons. The first-order valence-electron chi connectivity index (χ1n) is 9.49. The molecule has 0 aliphatic heterocycles. The van der Waals surface area contributed by atoms with Crippen molar-refractivity contribution in [2.75, 3.05) is 30.0 Å². The summed E-state index contributed by atoms with van der Waals surface area (Å²) < 4.78 is 15.4. The number of furan rings is 1. The lowest BCUT2D eigenvalue weighted by Gasteiger charge is -2.08. The second-order valence-corrected chi connectivity index (χ2v) is 7.88. The molecule has 32 heavy (non-hydrogen) atoms. The molecule has 0 unspecified atom stereocenters. The van der Waals surface area contributed by atoms with E-state index in [1.165, 1.54) is 23.8 Å². The van der Waals surface area contributed by atoms with Crippen molar-refractivity contribution in [2.45, 2.75) is 19.0 Å². The number of nitrogens with zero attached hydrogens (tertiary/aromatic N) is 2. The Morgan fingerprint density at radius 2 is 1.97 bits per heavy atom. The molecule has 3 N–H and O–H groups in total. The van der Waals surface area contributed by atoms with Crippen LogP contribution in [0.5, 0.6) is 0 Å². The number of anilines is 2. The second-order valence-electron chi connectivity index (χ2n) is 6.06. The van der Waals surface area contributed by atoms with Gasteiger partial charge in [-0.1, -0.05) is 11.8 Å². The van der Waals surface area contributed by atoms with Crippen molar-refractivity contribution >= 4 is 51.8 Å². The van der Waals surface area contributed by atoms with E-state index in [2.05, 4.69) is 15.3 Å². The van der Waals surface area contributed by atoms with Crippen LogP contribution in [0.3, 0.4) is 0 Å².